The van der Waals surface area contributed by atoms with Gasteiger partial charge in [-0.3, -0.25) is 14.1 Å². The molecule has 1 aromatic heterocycles. The Kier molecular flexibility index (Phi) is 12.0. The Morgan fingerprint density at radius 3 is 2.46 bits per heavy atom. The first kappa shape index (κ1) is 30.8. The monoisotopic (exact) mass is 592 g/mol. The second-order valence-corrected chi connectivity index (χ2v) is 10.8. The number of aliphatic hydroxyl groups is 1. The molecule has 210 valence electrons. The van der Waals surface area contributed by atoms with Gasteiger partial charge in [-0.05, 0) is 36.1 Å². The van der Waals surface area contributed by atoms with Gasteiger partial charge in [0.05, 0.1) is 23.2 Å². The van der Waals surface area contributed by atoms with E-state index in [0.29, 0.717) is 18.7 Å². The quantitative estimate of drug-likeness (QED) is 0.166. The molecular formula is C27H33ClN4O5S2. The first-order valence-corrected chi connectivity index (χ1v) is 14.6. The van der Waals surface area contributed by atoms with Gasteiger partial charge in [-0.15, -0.1) is 0 Å². The topological polar surface area (TPSA) is 125 Å². The van der Waals surface area contributed by atoms with Gasteiger partial charge in [0.1, 0.15) is 5.82 Å². The zero-order valence-corrected chi connectivity index (χ0v) is 24.1. The number of nitrogens with zero attached hydrogens (tertiary/aromatic N) is 3. The lowest BCUT2D eigenvalue weighted by molar-refractivity contribution is -0.120. The Balaban J connectivity index is 1.61. The third kappa shape index (κ3) is 8.64. The van der Waals surface area contributed by atoms with Crippen LogP contribution in [0.3, 0.4) is 0 Å². The highest BCUT2D eigenvalue weighted by Crippen LogP contribution is 2.23. The maximum atomic E-state index is 12.8. The first-order valence-electron chi connectivity index (χ1n) is 12.6. The van der Waals surface area contributed by atoms with Crippen molar-refractivity contribution in [1.82, 2.24) is 14.9 Å². The van der Waals surface area contributed by atoms with Gasteiger partial charge in [0.15, 0.2) is 5.15 Å². The summed E-state index contributed by atoms with van der Waals surface area (Å²) in [5.74, 6) is -0.165. The van der Waals surface area contributed by atoms with E-state index in [-0.39, 0.29) is 36.3 Å². The Morgan fingerprint density at radius 2 is 1.85 bits per heavy atom. The number of carbonyl (C=O) groups is 2. The van der Waals surface area contributed by atoms with Gasteiger partial charge >= 0.3 is 0 Å². The molecular weight excluding hydrogens is 560 g/mol. The fourth-order valence-electron chi connectivity index (χ4n) is 4.05. The lowest BCUT2D eigenvalue weighted by Gasteiger charge is -2.19. The third-order valence-corrected chi connectivity index (χ3v) is 7.56. The second kappa shape index (κ2) is 15.2. The molecule has 2 unspecified atom stereocenters. The molecule has 2 aromatic carbocycles. The van der Waals surface area contributed by atoms with Crippen LogP contribution in [0.5, 0.6) is 0 Å². The fraction of sp³-hybridized carbons (Fsp3) is 0.370. The maximum absolute atomic E-state index is 12.8. The smallest absolute Gasteiger partial charge is 0.268 e. The zero-order chi connectivity index (χ0) is 28.4. The Labute approximate surface area is 241 Å². The minimum absolute atomic E-state index is 0.00115. The molecule has 0 radical (unpaired) electrons. The molecule has 3 aromatic rings. The van der Waals surface area contributed by atoms with Crippen molar-refractivity contribution in [2.24, 2.45) is 0 Å². The van der Waals surface area contributed by atoms with Crippen LogP contribution in [0.15, 0.2) is 54.6 Å². The van der Waals surface area contributed by atoms with Crippen LogP contribution in [0, 0.1) is 0 Å². The summed E-state index contributed by atoms with van der Waals surface area (Å²) in [6, 6.07) is 16.1. The van der Waals surface area contributed by atoms with Gasteiger partial charge in [0, 0.05) is 25.9 Å². The van der Waals surface area contributed by atoms with Gasteiger partial charge in [-0.25, -0.2) is 13.5 Å². The number of hydrogen-bond donors (Lipinski definition) is 4. The molecule has 1 heterocycles. The fourth-order valence-corrected chi connectivity index (χ4v) is 5.18. The van der Waals surface area contributed by atoms with Gasteiger partial charge < -0.3 is 15.0 Å². The molecule has 0 aliphatic rings. The van der Waals surface area contributed by atoms with Crippen LogP contribution < -0.4 is 9.62 Å². The average Bonchev–Trinajstić information content (AvgIpc) is 3.22. The minimum Gasteiger partial charge on any atom is -0.390 e. The number of hydrogen-bond acceptors (Lipinski definition) is 6. The molecule has 3 rings (SSSR count). The molecule has 2 amide bonds. The van der Waals surface area contributed by atoms with E-state index in [4.69, 9.17) is 11.6 Å². The van der Waals surface area contributed by atoms with E-state index in [1.165, 1.54) is 0 Å². The summed E-state index contributed by atoms with van der Waals surface area (Å²) < 4.78 is 24.5. The Morgan fingerprint density at radius 1 is 1.15 bits per heavy atom. The molecule has 0 aliphatic carbocycles. The number of anilines is 1. The highest BCUT2D eigenvalue weighted by Gasteiger charge is 2.22. The summed E-state index contributed by atoms with van der Waals surface area (Å²) in [5.41, 5.74) is 2.57. The van der Waals surface area contributed by atoms with E-state index >= 15 is 0 Å². The summed E-state index contributed by atoms with van der Waals surface area (Å²) in [7, 11) is 0. The van der Waals surface area contributed by atoms with Crippen LogP contribution in [0.2, 0.25) is 5.15 Å². The lowest BCUT2D eigenvalue weighted by Crippen LogP contribution is -2.38. The summed E-state index contributed by atoms with van der Waals surface area (Å²) in [5, 5.41) is 12.1. The van der Waals surface area contributed by atoms with Gasteiger partial charge in [0.25, 0.3) is 11.3 Å². The number of thiol groups is 1. The number of aryl methyl sites for hydroxylation is 1. The van der Waals surface area contributed by atoms with Crippen molar-refractivity contribution in [2.45, 2.75) is 57.4 Å². The summed E-state index contributed by atoms with van der Waals surface area (Å²) >= 11 is 7.97. The number of benzene rings is 2. The number of aliphatic hydroxyl groups excluding tert-OH is 1. The van der Waals surface area contributed by atoms with Crippen molar-refractivity contribution in [3.05, 3.63) is 82.4 Å². The van der Waals surface area contributed by atoms with Crippen LogP contribution >= 0.6 is 24.2 Å². The number of imidazole rings is 1. The molecule has 3 N–H and O–H groups in total. The van der Waals surface area contributed by atoms with Crippen molar-refractivity contribution < 1.29 is 23.5 Å². The Hall–Kier alpha value is -2.70. The molecule has 12 heteroatoms. The van der Waals surface area contributed by atoms with Crippen molar-refractivity contribution in [2.75, 3.05) is 10.8 Å². The normalized spacial score (nSPS) is 12.6. The van der Waals surface area contributed by atoms with E-state index in [9.17, 15) is 23.5 Å². The highest BCUT2D eigenvalue weighted by atomic mass is 35.5. The zero-order valence-electron chi connectivity index (χ0n) is 21.6. The molecule has 0 spiro atoms. The average molecular weight is 593 g/mol. The number of nitrogens with one attached hydrogen (secondary N) is 1. The SMILES string of the molecule is CCCCc1nc(Cl)c(CO)n1Cc1ccc(N(C(=O)CCNC(=O)C(S)Cc2ccccc2)S(=O)O)cc1. The molecule has 0 aliphatic heterocycles. The number of unbranched alkanes of at least 4 members (excludes halogenated alkanes) is 1. The van der Waals surface area contributed by atoms with Crippen LogP contribution in [-0.4, -0.2) is 47.0 Å². The second-order valence-electron chi connectivity index (χ2n) is 8.95. The minimum atomic E-state index is -2.60. The molecule has 2 atom stereocenters. The van der Waals surface area contributed by atoms with E-state index in [0.717, 1.165) is 40.5 Å². The molecule has 9 nitrogen and oxygen atoms in total. The number of carbonyl (C=O) groups excluding carboxylic acids is 2. The molecule has 0 saturated heterocycles. The van der Waals surface area contributed by atoms with Crippen molar-refractivity contribution >= 4 is 53.0 Å². The number of halogens is 1. The highest BCUT2D eigenvalue weighted by molar-refractivity contribution is 7.82. The van der Waals surface area contributed by atoms with E-state index < -0.39 is 22.4 Å². The summed E-state index contributed by atoms with van der Waals surface area (Å²) in [4.78, 5) is 29.5. The standard InChI is InChI=1S/C27H33ClN4O5S2/c1-2-3-9-24-30-26(28)22(18-33)31(24)17-20-10-12-21(13-11-20)32(39(36)37)25(34)14-15-29-27(35)23(38)16-19-7-5-4-6-8-19/h4-8,10-13,23,33,38H,2-3,9,14-18H2,1H3,(H,29,35)(H,36,37). The predicted molar refractivity (Wildman–Crippen MR) is 156 cm³/mol. The van der Waals surface area contributed by atoms with Crippen molar-refractivity contribution in [3.8, 4) is 0 Å². The lowest BCUT2D eigenvalue weighted by atomic mass is 10.1. The first-order chi connectivity index (χ1) is 18.7. The van der Waals surface area contributed by atoms with Gasteiger partial charge in [0.2, 0.25) is 11.8 Å². The van der Waals surface area contributed by atoms with Crippen LogP contribution in [0.25, 0.3) is 0 Å². The Bertz CT molecular complexity index is 1270. The number of amides is 2. The third-order valence-electron chi connectivity index (χ3n) is 6.11. The van der Waals surface area contributed by atoms with Gasteiger partial charge in [-0.1, -0.05) is 67.4 Å². The van der Waals surface area contributed by atoms with E-state index in [1.54, 1.807) is 24.3 Å². The molecule has 0 fully saturated rings. The van der Waals surface area contributed by atoms with E-state index in [1.807, 2.05) is 34.9 Å². The number of rotatable bonds is 14. The molecule has 0 bridgehead atoms. The van der Waals surface area contributed by atoms with Crippen molar-refractivity contribution in [3.63, 3.8) is 0 Å². The van der Waals surface area contributed by atoms with Crippen LogP contribution in [0.1, 0.15) is 48.8 Å². The predicted octanol–water partition coefficient (Wildman–Crippen LogP) is 3.94. The van der Waals surface area contributed by atoms with Crippen LogP contribution in [0.4, 0.5) is 5.69 Å². The van der Waals surface area contributed by atoms with Crippen molar-refractivity contribution in [1.29, 1.82) is 0 Å². The maximum Gasteiger partial charge on any atom is 0.268 e. The van der Waals surface area contributed by atoms with E-state index in [2.05, 4.69) is 29.9 Å². The number of aromatic nitrogens is 2. The molecule has 0 saturated carbocycles. The summed E-state index contributed by atoms with van der Waals surface area (Å²) in [6.45, 7) is 2.22. The van der Waals surface area contributed by atoms with Crippen LogP contribution in [-0.2, 0) is 46.8 Å². The molecule has 39 heavy (non-hydrogen) atoms. The largest absolute Gasteiger partial charge is 0.390 e. The summed E-state index contributed by atoms with van der Waals surface area (Å²) in [6.07, 6.45) is 2.91. The van der Waals surface area contributed by atoms with Gasteiger partial charge in [-0.2, -0.15) is 12.6 Å².